The Balaban J connectivity index is 2.55. The molecule has 0 saturated carbocycles. The van der Waals surface area contributed by atoms with Gasteiger partial charge in [-0.3, -0.25) is 4.79 Å². The van der Waals surface area contributed by atoms with Crippen molar-refractivity contribution in [2.24, 2.45) is 0 Å². The molecule has 0 aromatic heterocycles. The van der Waals surface area contributed by atoms with Crippen LogP contribution in [0.3, 0.4) is 0 Å². The Bertz CT molecular complexity index is 551. The Hall–Kier alpha value is -1.16. The number of carbonyl (C=O) groups is 1. The van der Waals surface area contributed by atoms with Gasteiger partial charge in [0, 0.05) is 4.90 Å². The number of fused-ring (bicyclic) bond motifs is 1. The monoisotopic (exact) mass is 280 g/mol. The van der Waals surface area contributed by atoms with Crippen LogP contribution in [0.2, 0.25) is 0 Å². The lowest BCUT2D eigenvalue weighted by molar-refractivity contribution is -0.143. The third-order valence-electron chi connectivity index (χ3n) is 4.14. The van der Waals surface area contributed by atoms with E-state index in [0.29, 0.717) is 5.75 Å². The van der Waals surface area contributed by atoms with Gasteiger partial charge in [0.25, 0.3) is 0 Å². The summed E-state index contributed by atoms with van der Waals surface area (Å²) in [5, 5.41) is 10.1. The maximum absolute atomic E-state index is 12.0. The van der Waals surface area contributed by atoms with Crippen LogP contribution < -0.4 is 0 Å². The maximum Gasteiger partial charge on any atom is 0.322 e. The average Bonchev–Trinajstić information content (AvgIpc) is 2.41. The van der Waals surface area contributed by atoms with Crippen molar-refractivity contribution in [3.05, 3.63) is 22.3 Å². The van der Waals surface area contributed by atoms with Crippen LogP contribution in [-0.4, -0.2) is 22.9 Å². The van der Waals surface area contributed by atoms with Crippen molar-refractivity contribution in [2.75, 3.05) is 7.11 Å². The highest BCUT2D eigenvalue weighted by molar-refractivity contribution is 8.01. The quantitative estimate of drug-likeness (QED) is 0.802. The molecule has 0 spiro atoms. The SMILES string of the molecule is COC(=O)C1(C)CCc2c(C)c(O)c(C)c(C)c2S1. The van der Waals surface area contributed by atoms with Gasteiger partial charge >= 0.3 is 5.97 Å². The van der Waals surface area contributed by atoms with Gasteiger partial charge in [-0.15, -0.1) is 11.8 Å². The molecule has 0 radical (unpaired) electrons. The van der Waals surface area contributed by atoms with E-state index in [1.54, 1.807) is 11.8 Å². The second-order valence-electron chi connectivity index (χ2n) is 5.36. The lowest BCUT2D eigenvalue weighted by Gasteiger charge is -2.34. The summed E-state index contributed by atoms with van der Waals surface area (Å²) in [7, 11) is 1.43. The van der Waals surface area contributed by atoms with Gasteiger partial charge in [0.15, 0.2) is 0 Å². The van der Waals surface area contributed by atoms with Crippen LogP contribution in [0.1, 0.15) is 35.6 Å². The van der Waals surface area contributed by atoms with Gasteiger partial charge in [0.1, 0.15) is 10.5 Å². The molecule has 1 aliphatic heterocycles. The van der Waals surface area contributed by atoms with Crippen LogP contribution in [0.25, 0.3) is 0 Å². The molecule has 19 heavy (non-hydrogen) atoms. The Labute approximate surface area is 118 Å². The molecule has 1 aliphatic rings. The number of methoxy groups -OCH3 is 1. The summed E-state index contributed by atoms with van der Waals surface area (Å²) in [5.74, 6) is 0.212. The molecule has 0 aliphatic carbocycles. The molecule has 0 saturated heterocycles. The van der Waals surface area contributed by atoms with Gasteiger partial charge in [-0.25, -0.2) is 0 Å². The molecule has 1 aromatic rings. The van der Waals surface area contributed by atoms with Gasteiger partial charge in [0.05, 0.1) is 7.11 Å². The van der Waals surface area contributed by atoms with Crippen molar-refractivity contribution in [1.29, 1.82) is 0 Å². The number of hydrogen-bond acceptors (Lipinski definition) is 4. The van der Waals surface area contributed by atoms with Crippen molar-refractivity contribution in [3.8, 4) is 5.75 Å². The third kappa shape index (κ3) is 2.12. The highest BCUT2D eigenvalue weighted by Crippen LogP contribution is 2.49. The fourth-order valence-corrected chi connectivity index (χ4v) is 4.11. The number of thioether (sulfide) groups is 1. The molecule has 1 atom stereocenters. The van der Waals surface area contributed by atoms with Crippen molar-refractivity contribution in [1.82, 2.24) is 0 Å². The highest BCUT2D eigenvalue weighted by Gasteiger charge is 2.40. The third-order valence-corrected chi connectivity index (χ3v) is 5.71. The van der Waals surface area contributed by atoms with E-state index >= 15 is 0 Å². The minimum absolute atomic E-state index is 0.175. The van der Waals surface area contributed by atoms with E-state index in [1.807, 2.05) is 27.7 Å². The highest BCUT2D eigenvalue weighted by atomic mass is 32.2. The number of ether oxygens (including phenoxy) is 1. The predicted molar refractivity (Wildman–Crippen MR) is 76.9 cm³/mol. The van der Waals surface area contributed by atoms with Crippen LogP contribution in [0.5, 0.6) is 5.75 Å². The summed E-state index contributed by atoms with van der Waals surface area (Å²) >= 11 is 1.57. The van der Waals surface area contributed by atoms with Crippen molar-refractivity contribution >= 4 is 17.7 Å². The number of benzene rings is 1. The van der Waals surface area contributed by atoms with E-state index in [1.165, 1.54) is 12.7 Å². The number of hydrogen-bond donors (Lipinski definition) is 1. The summed E-state index contributed by atoms with van der Waals surface area (Å²) in [5.41, 5.74) is 4.08. The molecule has 2 rings (SSSR count). The minimum Gasteiger partial charge on any atom is -0.507 e. The standard InChI is InChI=1S/C15H20O3S/c1-8-9(2)13-11(10(3)12(8)16)6-7-15(4,19-13)14(17)18-5/h16H,6-7H2,1-5H3. The fraction of sp³-hybridized carbons (Fsp3) is 0.533. The zero-order chi connectivity index (χ0) is 14.4. The molecular formula is C15H20O3S. The first-order valence-electron chi connectivity index (χ1n) is 6.41. The molecule has 104 valence electrons. The first-order chi connectivity index (χ1) is 8.81. The zero-order valence-electron chi connectivity index (χ0n) is 12.1. The number of phenols is 1. The number of esters is 1. The molecule has 3 nitrogen and oxygen atoms in total. The second kappa shape index (κ2) is 4.75. The normalized spacial score (nSPS) is 21.9. The van der Waals surface area contributed by atoms with Gasteiger partial charge in [-0.2, -0.15) is 0 Å². The lowest BCUT2D eigenvalue weighted by Crippen LogP contribution is -2.36. The number of aromatic hydroxyl groups is 1. The summed E-state index contributed by atoms with van der Waals surface area (Å²) in [4.78, 5) is 13.1. The van der Waals surface area contributed by atoms with Crippen LogP contribution in [0.4, 0.5) is 0 Å². The van der Waals surface area contributed by atoms with Gasteiger partial charge in [0.2, 0.25) is 0 Å². The molecule has 1 heterocycles. The van der Waals surface area contributed by atoms with Crippen LogP contribution >= 0.6 is 11.8 Å². The smallest absolute Gasteiger partial charge is 0.322 e. The van der Waals surface area contributed by atoms with Crippen molar-refractivity contribution in [2.45, 2.75) is 50.2 Å². The number of carbonyl (C=O) groups excluding carboxylic acids is 1. The largest absolute Gasteiger partial charge is 0.507 e. The first kappa shape index (κ1) is 14.3. The first-order valence-corrected chi connectivity index (χ1v) is 7.22. The van der Waals surface area contributed by atoms with E-state index in [0.717, 1.165) is 34.4 Å². The molecule has 1 N–H and O–H groups in total. The Kier molecular flexibility index (Phi) is 3.56. The summed E-state index contributed by atoms with van der Waals surface area (Å²) in [6.07, 6.45) is 1.54. The second-order valence-corrected chi connectivity index (χ2v) is 6.87. The topological polar surface area (TPSA) is 46.5 Å². The van der Waals surface area contributed by atoms with E-state index < -0.39 is 4.75 Å². The predicted octanol–water partition coefficient (Wildman–Crippen LogP) is 3.29. The van der Waals surface area contributed by atoms with Gasteiger partial charge in [-0.05, 0) is 62.8 Å². The number of phenolic OH excluding ortho intramolecular Hbond substituents is 1. The lowest BCUT2D eigenvalue weighted by atomic mass is 9.92. The molecule has 0 fully saturated rings. The summed E-state index contributed by atoms with van der Waals surface area (Å²) in [6.45, 7) is 7.80. The van der Waals surface area contributed by atoms with E-state index in [9.17, 15) is 9.90 Å². The zero-order valence-corrected chi connectivity index (χ0v) is 12.9. The van der Waals surface area contributed by atoms with Gasteiger partial charge in [-0.1, -0.05) is 0 Å². The van der Waals surface area contributed by atoms with E-state index in [4.69, 9.17) is 4.74 Å². The average molecular weight is 280 g/mol. The fourth-order valence-electron chi connectivity index (χ4n) is 2.61. The van der Waals surface area contributed by atoms with Crippen LogP contribution in [-0.2, 0) is 16.0 Å². The Morgan fingerprint density at radius 2 is 1.89 bits per heavy atom. The molecule has 4 heteroatoms. The minimum atomic E-state index is -0.525. The van der Waals surface area contributed by atoms with E-state index in [2.05, 4.69) is 0 Å². The van der Waals surface area contributed by atoms with Crippen LogP contribution in [0.15, 0.2) is 4.90 Å². The molecule has 1 unspecified atom stereocenters. The Morgan fingerprint density at radius 3 is 2.47 bits per heavy atom. The van der Waals surface area contributed by atoms with Gasteiger partial charge < -0.3 is 9.84 Å². The van der Waals surface area contributed by atoms with Crippen molar-refractivity contribution in [3.63, 3.8) is 0 Å². The molecule has 0 bridgehead atoms. The van der Waals surface area contributed by atoms with Crippen LogP contribution in [0, 0.1) is 20.8 Å². The molecule has 0 amide bonds. The molecular weight excluding hydrogens is 260 g/mol. The molecule has 1 aromatic carbocycles. The summed E-state index contributed by atoms with van der Waals surface area (Å²) in [6, 6.07) is 0. The number of rotatable bonds is 1. The Morgan fingerprint density at radius 1 is 1.26 bits per heavy atom. The van der Waals surface area contributed by atoms with E-state index in [-0.39, 0.29) is 5.97 Å². The maximum atomic E-state index is 12.0. The summed E-state index contributed by atoms with van der Waals surface area (Å²) < 4.78 is 4.40. The van der Waals surface area contributed by atoms with Crippen molar-refractivity contribution < 1.29 is 14.6 Å².